The summed E-state index contributed by atoms with van der Waals surface area (Å²) >= 11 is 0. The summed E-state index contributed by atoms with van der Waals surface area (Å²) in [6, 6.07) is 61.8. The molecular weight excluding hydrogens is 689 g/mol. The minimum Gasteiger partial charge on any atom is -0.455 e. The van der Waals surface area contributed by atoms with Crippen molar-refractivity contribution in [1.29, 1.82) is 0 Å². The highest BCUT2D eigenvalue weighted by Crippen LogP contribution is 2.43. The Morgan fingerprint density at radius 1 is 0.321 bits per heavy atom. The fourth-order valence-electron chi connectivity index (χ4n) is 7.60. The highest BCUT2D eigenvalue weighted by Gasteiger charge is 2.22. The van der Waals surface area contributed by atoms with Gasteiger partial charge in [-0.15, -0.1) is 0 Å². The van der Waals surface area contributed by atoms with Gasteiger partial charge < -0.3 is 8.83 Å². The summed E-state index contributed by atoms with van der Waals surface area (Å²) in [6.45, 7) is 0. The fraction of sp³-hybridized carbons (Fsp3) is 0. The largest absolute Gasteiger partial charge is 0.455 e. The van der Waals surface area contributed by atoms with Crippen LogP contribution in [0.25, 0.3) is 112 Å². The molecule has 3 heterocycles. The Morgan fingerprint density at radius 2 is 0.804 bits per heavy atom. The van der Waals surface area contributed by atoms with Gasteiger partial charge in [0.25, 0.3) is 0 Å². The lowest BCUT2D eigenvalue weighted by atomic mass is 9.99. The zero-order valence-electron chi connectivity index (χ0n) is 29.9. The second-order valence-corrected chi connectivity index (χ2v) is 13.8. The van der Waals surface area contributed by atoms with E-state index in [-0.39, 0.29) is 0 Å². The van der Waals surface area contributed by atoms with Gasteiger partial charge in [0.1, 0.15) is 16.7 Å². The standard InChI is InChI=1S/C50H30N4O2/c1-4-12-31(13-5-1)32-20-22-33(23-21-32)34-24-26-36(27-25-34)48-52-47(35-14-6-2-7-15-35)53-49(54-48)40-30-41-44-43(55-45(41)39-19-11-10-18-38(39)40)29-28-42-46(44)56-50(51-42)37-16-8-3-9-17-37/h1-30H. The van der Waals surface area contributed by atoms with Crippen LogP contribution in [0.5, 0.6) is 0 Å². The predicted molar refractivity (Wildman–Crippen MR) is 225 cm³/mol. The van der Waals surface area contributed by atoms with Crippen LogP contribution in [0.3, 0.4) is 0 Å². The number of benzene rings is 8. The van der Waals surface area contributed by atoms with Crippen molar-refractivity contribution in [2.75, 3.05) is 0 Å². The number of rotatable bonds is 6. The van der Waals surface area contributed by atoms with Crippen LogP contribution in [-0.2, 0) is 0 Å². The van der Waals surface area contributed by atoms with Gasteiger partial charge in [-0.3, -0.25) is 0 Å². The molecule has 0 saturated heterocycles. The van der Waals surface area contributed by atoms with E-state index in [1.807, 2.05) is 91.0 Å². The molecule has 0 aliphatic carbocycles. The number of oxazole rings is 1. The maximum atomic E-state index is 6.60. The Kier molecular flexibility index (Phi) is 7.38. The molecule has 0 saturated carbocycles. The number of aromatic nitrogens is 4. The molecular formula is C50H30N4O2. The molecule has 11 aromatic rings. The van der Waals surface area contributed by atoms with E-state index in [1.54, 1.807) is 0 Å². The number of hydrogen-bond acceptors (Lipinski definition) is 6. The van der Waals surface area contributed by atoms with E-state index in [2.05, 4.69) is 91.0 Å². The first-order valence-corrected chi connectivity index (χ1v) is 18.5. The van der Waals surface area contributed by atoms with Crippen LogP contribution in [0.4, 0.5) is 0 Å². The maximum absolute atomic E-state index is 6.60. The molecule has 56 heavy (non-hydrogen) atoms. The van der Waals surface area contributed by atoms with Gasteiger partial charge in [-0.25, -0.2) is 19.9 Å². The summed E-state index contributed by atoms with van der Waals surface area (Å²) < 4.78 is 13.1. The van der Waals surface area contributed by atoms with Crippen molar-refractivity contribution in [3.05, 3.63) is 182 Å². The van der Waals surface area contributed by atoms with Crippen molar-refractivity contribution < 1.29 is 8.83 Å². The number of hydrogen-bond donors (Lipinski definition) is 0. The number of fused-ring (bicyclic) bond motifs is 7. The van der Waals surface area contributed by atoms with Gasteiger partial charge in [0.05, 0.1) is 5.39 Å². The second kappa shape index (κ2) is 13.0. The lowest BCUT2D eigenvalue weighted by Gasteiger charge is -2.11. The van der Waals surface area contributed by atoms with Crippen molar-refractivity contribution in [2.24, 2.45) is 0 Å². The number of nitrogens with zero attached hydrogens (tertiary/aromatic N) is 4. The first-order valence-electron chi connectivity index (χ1n) is 18.5. The molecule has 0 N–H and O–H groups in total. The lowest BCUT2D eigenvalue weighted by molar-refractivity contribution is 0.622. The van der Waals surface area contributed by atoms with Crippen molar-refractivity contribution in [1.82, 2.24) is 19.9 Å². The molecule has 0 fully saturated rings. The quantitative estimate of drug-likeness (QED) is 0.170. The van der Waals surface area contributed by atoms with Gasteiger partial charge in [-0.1, -0.05) is 152 Å². The SMILES string of the molecule is c1ccc(-c2ccc(-c3ccc(-c4nc(-c5ccccc5)nc(-c5cc6c(oc7ccc8nc(-c9ccccc9)oc8c76)c6ccccc56)n4)cc3)cc2)cc1. The zero-order valence-corrected chi connectivity index (χ0v) is 29.9. The molecule has 3 aromatic heterocycles. The molecule has 8 aromatic carbocycles. The molecule has 0 atom stereocenters. The Balaban J connectivity index is 1.07. The molecule has 6 nitrogen and oxygen atoms in total. The Hall–Kier alpha value is -7.70. The van der Waals surface area contributed by atoms with E-state index in [1.165, 1.54) is 11.1 Å². The van der Waals surface area contributed by atoms with Gasteiger partial charge >= 0.3 is 0 Å². The van der Waals surface area contributed by atoms with E-state index < -0.39 is 0 Å². The van der Waals surface area contributed by atoms with Gasteiger partial charge in [-0.2, -0.15) is 0 Å². The van der Waals surface area contributed by atoms with Crippen LogP contribution in [0.1, 0.15) is 0 Å². The van der Waals surface area contributed by atoms with E-state index in [9.17, 15) is 0 Å². The Bertz CT molecular complexity index is 3210. The Labute approximate surface area is 321 Å². The summed E-state index contributed by atoms with van der Waals surface area (Å²) in [5, 5.41) is 3.70. The van der Waals surface area contributed by atoms with Crippen LogP contribution in [0.15, 0.2) is 191 Å². The topological polar surface area (TPSA) is 77.8 Å². The van der Waals surface area contributed by atoms with E-state index in [0.29, 0.717) is 28.9 Å². The van der Waals surface area contributed by atoms with E-state index in [4.69, 9.17) is 28.8 Å². The van der Waals surface area contributed by atoms with Crippen LogP contribution in [-0.4, -0.2) is 19.9 Å². The van der Waals surface area contributed by atoms with Gasteiger partial charge in [0, 0.05) is 33.0 Å². The minimum absolute atomic E-state index is 0.563. The average molecular weight is 719 g/mol. The number of furan rings is 1. The third kappa shape index (κ3) is 5.43. The molecule has 0 aliphatic heterocycles. The fourth-order valence-corrected chi connectivity index (χ4v) is 7.60. The van der Waals surface area contributed by atoms with Crippen molar-refractivity contribution in [3.63, 3.8) is 0 Å². The predicted octanol–water partition coefficient (Wildman–Crippen LogP) is 13.1. The minimum atomic E-state index is 0.563. The summed E-state index contributed by atoms with van der Waals surface area (Å²) in [5.74, 6) is 2.31. The van der Waals surface area contributed by atoms with Crippen LogP contribution >= 0.6 is 0 Å². The molecule has 0 bridgehead atoms. The molecule has 0 aliphatic rings. The third-order valence-corrected chi connectivity index (χ3v) is 10.4. The van der Waals surface area contributed by atoms with Crippen LogP contribution in [0, 0.1) is 0 Å². The summed E-state index contributed by atoms with van der Waals surface area (Å²) in [6.07, 6.45) is 0. The molecule has 0 spiro atoms. The first-order chi connectivity index (χ1) is 27.7. The normalized spacial score (nSPS) is 11.6. The molecule has 0 unspecified atom stereocenters. The highest BCUT2D eigenvalue weighted by atomic mass is 16.4. The Morgan fingerprint density at radius 3 is 1.43 bits per heavy atom. The van der Waals surface area contributed by atoms with Crippen LogP contribution in [0.2, 0.25) is 0 Å². The van der Waals surface area contributed by atoms with Gasteiger partial charge in [0.15, 0.2) is 23.1 Å². The lowest BCUT2D eigenvalue weighted by Crippen LogP contribution is -2.00. The van der Waals surface area contributed by atoms with Crippen molar-refractivity contribution in [2.45, 2.75) is 0 Å². The van der Waals surface area contributed by atoms with Crippen molar-refractivity contribution in [3.8, 4) is 67.9 Å². The smallest absolute Gasteiger partial charge is 0.227 e. The average Bonchev–Trinajstić information content (AvgIpc) is 3.89. The van der Waals surface area contributed by atoms with Crippen molar-refractivity contribution >= 4 is 43.8 Å². The molecule has 0 amide bonds. The molecule has 6 heteroatoms. The molecule has 0 radical (unpaired) electrons. The van der Waals surface area contributed by atoms with E-state index in [0.717, 1.165) is 71.6 Å². The zero-order chi connectivity index (χ0) is 37.0. The maximum Gasteiger partial charge on any atom is 0.227 e. The van der Waals surface area contributed by atoms with Gasteiger partial charge in [-0.05, 0) is 58.0 Å². The summed E-state index contributed by atoms with van der Waals surface area (Å²) in [4.78, 5) is 20.2. The molecule has 11 rings (SSSR count). The summed E-state index contributed by atoms with van der Waals surface area (Å²) in [7, 11) is 0. The van der Waals surface area contributed by atoms with E-state index >= 15 is 0 Å². The van der Waals surface area contributed by atoms with Crippen LogP contribution < -0.4 is 0 Å². The summed E-state index contributed by atoms with van der Waals surface area (Å²) in [5.41, 5.74) is 11.2. The monoisotopic (exact) mass is 718 g/mol. The second-order valence-electron chi connectivity index (χ2n) is 13.8. The molecule has 262 valence electrons. The van der Waals surface area contributed by atoms with Gasteiger partial charge in [0.2, 0.25) is 5.89 Å². The first kappa shape index (κ1) is 31.8. The third-order valence-electron chi connectivity index (χ3n) is 10.4. The highest BCUT2D eigenvalue weighted by molar-refractivity contribution is 6.23.